The Kier molecular flexibility index (Phi) is 6.30. The van der Waals surface area contributed by atoms with Crippen LogP contribution >= 0.6 is 0 Å². The third-order valence-corrected chi connectivity index (χ3v) is 5.39. The van der Waals surface area contributed by atoms with Crippen molar-refractivity contribution in [2.45, 2.75) is 26.3 Å². The van der Waals surface area contributed by atoms with E-state index in [1.165, 1.54) is 6.07 Å². The lowest BCUT2D eigenvalue weighted by molar-refractivity contribution is 0.0996. The Morgan fingerprint density at radius 1 is 1.12 bits per heavy atom. The van der Waals surface area contributed by atoms with Crippen molar-refractivity contribution in [1.29, 1.82) is 0 Å². The monoisotopic (exact) mass is 444 g/mol. The maximum Gasteiger partial charge on any atom is 0.267 e. The van der Waals surface area contributed by atoms with Crippen molar-refractivity contribution in [3.05, 3.63) is 77.1 Å². The van der Waals surface area contributed by atoms with Gasteiger partial charge in [-0.15, -0.1) is 5.10 Å². The molecule has 0 aliphatic heterocycles. The second-order valence-corrected chi connectivity index (χ2v) is 7.45. The number of para-hydroxylation sites is 1. The molecule has 0 unspecified atom stereocenters. The number of hydrogen-bond acceptors (Lipinski definition) is 6. The molecule has 9 heteroatoms. The molecule has 3 N–H and O–H groups in total. The second kappa shape index (κ2) is 9.47. The number of fused-ring (bicyclic) bond motifs is 1. The number of benzene rings is 2. The fourth-order valence-corrected chi connectivity index (χ4v) is 3.65. The molecule has 0 radical (unpaired) electrons. The molecule has 4 aromatic rings. The lowest BCUT2D eigenvalue weighted by Gasteiger charge is -2.10. The molecule has 0 aliphatic carbocycles. The van der Waals surface area contributed by atoms with Crippen molar-refractivity contribution < 1.29 is 14.3 Å². The van der Waals surface area contributed by atoms with Gasteiger partial charge in [0.2, 0.25) is 0 Å². The van der Waals surface area contributed by atoms with Gasteiger partial charge in [-0.25, -0.2) is 9.67 Å². The summed E-state index contributed by atoms with van der Waals surface area (Å²) < 4.78 is 6.99. The molecule has 0 spiro atoms. The van der Waals surface area contributed by atoms with Gasteiger partial charge in [0.25, 0.3) is 11.8 Å². The zero-order valence-corrected chi connectivity index (χ0v) is 18.4. The molecular weight excluding hydrogens is 420 g/mol. The fourth-order valence-electron chi connectivity index (χ4n) is 3.65. The van der Waals surface area contributed by atoms with Crippen LogP contribution in [-0.2, 0) is 19.4 Å². The highest BCUT2D eigenvalue weighted by Crippen LogP contribution is 2.21. The number of pyridine rings is 1. The first-order valence-electron chi connectivity index (χ1n) is 10.6. The van der Waals surface area contributed by atoms with Crippen LogP contribution in [0.15, 0.2) is 54.6 Å². The second-order valence-electron chi connectivity index (χ2n) is 7.45. The molecule has 168 valence electrons. The predicted octanol–water partition coefficient (Wildman–Crippen LogP) is 2.99. The van der Waals surface area contributed by atoms with Gasteiger partial charge in [-0.05, 0) is 42.7 Å². The van der Waals surface area contributed by atoms with Crippen molar-refractivity contribution in [3.63, 3.8) is 0 Å². The Morgan fingerprint density at radius 2 is 1.88 bits per heavy atom. The molecule has 0 atom stereocenters. The van der Waals surface area contributed by atoms with Gasteiger partial charge in [-0.1, -0.05) is 42.5 Å². The number of primary amides is 1. The van der Waals surface area contributed by atoms with Gasteiger partial charge in [0.15, 0.2) is 5.82 Å². The van der Waals surface area contributed by atoms with Gasteiger partial charge >= 0.3 is 0 Å². The summed E-state index contributed by atoms with van der Waals surface area (Å²) in [6.45, 7) is 2.59. The molecule has 2 aromatic carbocycles. The number of aromatic nitrogens is 4. The van der Waals surface area contributed by atoms with Gasteiger partial charge in [0.05, 0.1) is 23.9 Å². The smallest absolute Gasteiger partial charge is 0.267 e. The number of rotatable bonds is 8. The summed E-state index contributed by atoms with van der Waals surface area (Å²) in [5.41, 5.74) is 8.19. The molecule has 0 aliphatic rings. The maximum atomic E-state index is 13.1. The third-order valence-electron chi connectivity index (χ3n) is 5.39. The standard InChI is InChI=1S/C24H24N6O3/c1-3-21-23(28-29-30(21)13-12-15-8-10-16(33-2)11-9-15)27-24(32)18-14-20(22(25)31)26-19-7-5-4-6-17(18)19/h4-11,14H,3,12-13H2,1-2H3,(H2,25,31)(H,27,32). The third kappa shape index (κ3) is 4.67. The van der Waals surface area contributed by atoms with Gasteiger partial charge in [0, 0.05) is 11.9 Å². The Labute approximate surface area is 190 Å². The largest absolute Gasteiger partial charge is 0.497 e. The average Bonchev–Trinajstić information content (AvgIpc) is 3.23. The lowest BCUT2D eigenvalue weighted by Crippen LogP contribution is -2.18. The topological polar surface area (TPSA) is 125 Å². The van der Waals surface area contributed by atoms with E-state index in [2.05, 4.69) is 20.6 Å². The zero-order chi connectivity index (χ0) is 23.4. The zero-order valence-electron chi connectivity index (χ0n) is 18.4. The summed E-state index contributed by atoms with van der Waals surface area (Å²) in [4.78, 5) is 29.1. The van der Waals surface area contributed by atoms with Crippen LogP contribution in [0.1, 0.15) is 39.0 Å². The van der Waals surface area contributed by atoms with Gasteiger partial charge in [0.1, 0.15) is 11.4 Å². The van der Waals surface area contributed by atoms with E-state index < -0.39 is 11.8 Å². The van der Waals surface area contributed by atoms with Gasteiger partial charge in [-0.3, -0.25) is 9.59 Å². The van der Waals surface area contributed by atoms with Crippen LogP contribution in [0.3, 0.4) is 0 Å². The Balaban J connectivity index is 1.56. The van der Waals surface area contributed by atoms with Crippen LogP contribution in [0.25, 0.3) is 10.9 Å². The summed E-state index contributed by atoms with van der Waals surface area (Å²) in [6, 6.07) is 16.3. The minimum Gasteiger partial charge on any atom is -0.497 e. The number of methoxy groups -OCH3 is 1. The molecule has 9 nitrogen and oxygen atoms in total. The van der Waals surface area contributed by atoms with Crippen molar-refractivity contribution in [1.82, 2.24) is 20.0 Å². The van der Waals surface area contributed by atoms with Crippen LogP contribution in [0.5, 0.6) is 5.75 Å². The van der Waals surface area contributed by atoms with Gasteiger partial charge < -0.3 is 15.8 Å². The molecular formula is C24H24N6O3. The number of hydrogen-bond donors (Lipinski definition) is 2. The number of aryl methyl sites for hydroxylation is 2. The summed E-state index contributed by atoms with van der Waals surface area (Å²) in [6.07, 6.45) is 1.39. The molecule has 2 amide bonds. The number of amides is 2. The number of carbonyl (C=O) groups excluding carboxylic acids is 2. The van der Waals surface area contributed by atoms with Gasteiger partial charge in [-0.2, -0.15) is 0 Å². The van der Waals surface area contributed by atoms with E-state index in [1.54, 1.807) is 36.1 Å². The quantitative estimate of drug-likeness (QED) is 0.430. The molecule has 33 heavy (non-hydrogen) atoms. The first-order valence-corrected chi connectivity index (χ1v) is 10.6. The van der Waals surface area contributed by atoms with E-state index in [0.29, 0.717) is 35.2 Å². The highest BCUT2D eigenvalue weighted by molar-refractivity contribution is 6.13. The molecule has 4 rings (SSSR count). The van der Waals surface area contributed by atoms with Crippen LogP contribution in [-0.4, -0.2) is 38.9 Å². The number of carbonyl (C=O) groups is 2. The Bertz CT molecular complexity index is 1310. The van der Waals surface area contributed by atoms with Crippen molar-refractivity contribution in [3.8, 4) is 5.75 Å². The molecule has 0 fully saturated rings. The first-order chi connectivity index (χ1) is 16.0. The highest BCUT2D eigenvalue weighted by Gasteiger charge is 2.19. The maximum absolute atomic E-state index is 13.1. The number of nitrogens with zero attached hydrogens (tertiary/aromatic N) is 4. The predicted molar refractivity (Wildman–Crippen MR) is 124 cm³/mol. The molecule has 2 heterocycles. The molecule has 0 saturated carbocycles. The van der Waals surface area contributed by atoms with E-state index in [1.807, 2.05) is 31.2 Å². The minimum absolute atomic E-state index is 0.0257. The normalized spacial score (nSPS) is 10.8. The SMILES string of the molecule is CCc1c(NC(=O)c2cc(C(N)=O)nc3ccccc23)nnn1CCc1ccc(OC)cc1. The Morgan fingerprint density at radius 3 is 2.58 bits per heavy atom. The summed E-state index contributed by atoms with van der Waals surface area (Å²) in [5.74, 6) is 0.0853. The van der Waals surface area contributed by atoms with E-state index in [4.69, 9.17) is 10.5 Å². The van der Waals surface area contributed by atoms with Crippen molar-refractivity contribution >= 4 is 28.5 Å². The number of nitrogens with two attached hydrogens (primary N) is 1. The van der Waals surface area contributed by atoms with E-state index in [-0.39, 0.29) is 5.69 Å². The summed E-state index contributed by atoms with van der Waals surface area (Å²) in [7, 11) is 1.64. The lowest BCUT2D eigenvalue weighted by atomic mass is 10.1. The molecule has 0 bridgehead atoms. The van der Waals surface area contributed by atoms with Crippen LogP contribution in [0, 0.1) is 0 Å². The summed E-state index contributed by atoms with van der Waals surface area (Å²) >= 11 is 0. The fraction of sp³-hybridized carbons (Fsp3) is 0.208. The Hall–Kier alpha value is -4.27. The van der Waals surface area contributed by atoms with E-state index >= 15 is 0 Å². The average molecular weight is 444 g/mol. The molecule has 2 aromatic heterocycles. The van der Waals surface area contributed by atoms with E-state index in [9.17, 15) is 9.59 Å². The van der Waals surface area contributed by atoms with Crippen molar-refractivity contribution in [2.24, 2.45) is 5.73 Å². The van der Waals surface area contributed by atoms with Crippen LogP contribution in [0.4, 0.5) is 5.82 Å². The minimum atomic E-state index is -0.700. The number of ether oxygens (including phenoxy) is 1. The van der Waals surface area contributed by atoms with Crippen molar-refractivity contribution in [2.75, 3.05) is 12.4 Å². The number of anilines is 1. The molecule has 0 saturated heterocycles. The van der Waals surface area contributed by atoms with Crippen LogP contribution in [0.2, 0.25) is 0 Å². The summed E-state index contributed by atoms with van der Waals surface area (Å²) in [5, 5.41) is 11.9. The van der Waals surface area contributed by atoms with E-state index in [0.717, 1.165) is 23.4 Å². The highest BCUT2D eigenvalue weighted by atomic mass is 16.5. The number of nitrogens with one attached hydrogen (secondary N) is 1. The first kappa shape index (κ1) is 21.9. The van der Waals surface area contributed by atoms with Crippen LogP contribution < -0.4 is 15.8 Å².